The van der Waals surface area contributed by atoms with E-state index < -0.39 is 0 Å². The lowest BCUT2D eigenvalue weighted by molar-refractivity contribution is 0.120. The van der Waals surface area contributed by atoms with Gasteiger partial charge < -0.3 is 10.1 Å². The lowest BCUT2D eigenvalue weighted by Gasteiger charge is -2.39. The molecule has 1 atom stereocenters. The maximum Gasteiger partial charge on any atom is 0.131 e. The van der Waals surface area contributed by atoms with Crippen molar-refractivity contribution < 1.29 is 9.13 Å². The number of nitrogens with one attached hydrogen (secondary N) is 1. The molecule has 0 radical (unpaired) electrons. The Morgan fingerprint density at radius 1 is 1.24 bits per heavy atom. The van der Waals surface area contributed by atoms with E-state index in [0.29, 0.717) is 11.7 Å². The summed E-state index contributed by atoms with van der Waals surface area (Å²) in [5, 5.41) is 3.39. The number of piperazine rings is 1. The van der Waals surface area contributed by atoms with E-state index >= 15 is 0 Å². The SMILES string of the molecule is COc1cccc(F)c1[C@@H](C1CCCC1)N1CCNCC1. The van der Waals surface area contributed by atoms with Crippen molar-refractivity contribution in [2.75, 3.05) is 33.3 Å². The Hall–Kier alpha value is -1.13. The monoisotopic (exact) mass is 292 g/mol. The first-order valence-corrected chi connectivity index (χ1v) is 8.08. The standard InChI is InChI=1S/C17H25FN2O/c1-21-15-8-4-7-14(18)16(15)17(13-5-2-3-6-13)20-11-9-19-10-12-20/h4,7-8,13,17,19H,2-3,5-6,9-12H2,1H3/t17-/m1/s1. The minimum absolute atomic E-state index is 0.121. The molecule has 1 aromatic carbocycles. The summed E-state index contributed by atoms with van der Waals surface area (Å²) in [6.07, 6.45) is 4.94. The van der Waals surface area contributed by atoms with E-state index in [9.17, 15) is 4.39 Å². The van der Waals surface area contributed by atoms with E-state index in [-0.39, 0.29) is 11.9 Å². The zero-order chi connectivity index (χ0) is 14.7. The average Bonchev–Trinajstić information content (AvgIpc) is 3.04. The quantitative estimate of drug-likeness (QED) is 0.923. The maximum absolute atomic E-state index is 14.6. The molecule has 1 saturated heterocycles. The number of ether oxygens (including phenoxy) is 1. The van der Waals surface area contributed by atoms with Crippen LogP contribution in [0.4, 0.5) is 4.39 Å². The van der Waals surface area contributed by atoms with Gasteiger partial charge in [0, 0.05) is 37.8 Å². The minimum atomic E-state index is -0.121. The molecule has 1 aromatic rings. The second-order valence-electron chi connectivity index (χ2n) is 6.13. The summed E-state index contributed by atoms with van der Waals surface area (Å²) >= 11 is 0. The number of methoxy groups -OCH3 is 1. The van der Waals surface area contributed by atoms with Gasteiger partial charge in [0.15, 0.2) is 0 Å². The number of benzene rings is 1. The van der Waals surface area contributed by atoms with E-state index in [0.717, 1.165) is 31.7 Å². The van der Waals surface area contributed by atoms with Crippen molar-refractivity contribution in [1.29, 1.82) is 0 Å². The molecule has 1 aliphatic carbocycles. The van der Waals surface area contributed by atoms with Crippen LogP contribution in [0.15, 0.2) is 18.2 Å². The summed E-state index contributed by atoms with van der Waals surface area (Å²) in [5.74, 6) is 1.13. The summed E-state index contributed by atoms with van der Waals surface area (Å²) in [4.78, 5) is 2.45. The first-order valence-electron chi connectivity index (χ1n) is 8.08. The summed E-state index contributed by atoms with van der Waals surface area (Å²) in [6.45, 7) is 3.94. The first kappa shape index (κ1) is 14.8. The molecule has 21 heavy (non-hydrogen) atoms. The van der Waals surface area contributed by atoms with Gasteiger partial charge in [-0.3, -0.25) is 4.90 Å². The molecule has 1 heterocycles. The van der Waals surface area contributed by atoms with Crippen molar-refractivity contribution in [1.82, 2.24) is 10.2 Å². The average molecular weight is 292 g/mol. The van der Waals surface area contributed by atoms with Gasteiger partial charge in [0.05, 0.1) is 7.11 Å². The highest BCUT2D eigenvalue weighted by molar-refractivity contribution is 5.38. The summed E-state index contributed by atoms with van der Waals surface area (Å²) in [6, 6.07) is 5.36. The first-order chi connectivity index (χ1) is 10.3. The van der Waals surface area contributed by atoms with Crippen molar-refractivity contribution in [3.63, 3.8) is 0 Å². The predicted octanol–water partition coefficient (Wildman–Crippen LogP) is 2.97. The van der Waals surface area contributed by atoms with Gasteiger partial charge in [-0.05, 0) is 30.9 Å². The Kier molecular flexibility index (Phi) is 4.76. The smallest absolute Gasteiger partial charge is 0.131 e. The van der Waals surface area contributed by atoms with Crippen molar-refractivity contribution in [3.05, 3.63) is 29.6 Å². The van der Waals surface area contributed by atoms with Gasteiger partial charge in [-0.25, -0.2) is 4.39 Å². The van der Waals surface area contributed by atoms with Gasteiger partial charge in [-0.1, -0.05) is 18.9 Å². The van der Waals surface area contributed by atoms with E-state index in [1.807, 2.05) is 6.07 Å². The third-order valence-corrected chi connectivity index (χ3v) is 4.92. The number of halogens is 1. The van der Waals surface area contributed by atoms with Gasteiger partial charge in [0.2, 0.25) is 0 Å². The molecule has 1 saturated carbocycles. The fourth-order valence-electron chi connectivity index (χ4n) is 3.93. The van der Waals surface area contributed by atoms with Crippen LogP contribution in [-0.4, -0.2) is 38.2 Å². The molecule has 3 rings (SSSR count). The normalized spacial score (nSPS) is 22.4. The number of rotatable bonds is 4. The number of nitrogens with zero attached hydrogens (tertiary/aromatic N) is 1. The van der Waals surface area contributed by atoms with Crippen LogP contribution >= 0.6 is 0 Å². The summed E-state index contributed by atoms with van der Waals surface area (Å²) < 4.78 is 20.0. The molecule has 0 amide bonds. The molecular weight excluding hydrogens is 267 g/mol. The third kappa shape index (κ3) is 3.06. The zero-order valence-electron chi connectivity index (χ0n) is 12.8. The molecule has 0 aromatic heterocycles. The molecular formula is C17H25FN2O. The van der Waals surface area contributed by atoms with Gasteiger partial charge >= 0.3 is 0 Å². The molecule has 2 aliphatic rings. The van der Waals surface area contributed by atoms with Crippen LogP contribution in [0.1, 0.15) is 37.3 Å². The lowest BCUT2D eigenvalue weighted by atomic mass is 9.88. The highest BCUT2D eigenvalue weighted by Gasteiger charge is 2.35. The van der Waals surface area contributed by atoms with Crippen LogP contribution in [0.25, 0.3) is 0 Å². The Morgan fingerprint density at radius 3 is 2.62 bits per heavy atom. The fraction of sp³-hybridized carbons (Fsp3) is 0.647. The minimum Gasteiger partial charge on any atom is -0.496 e. The Balaban J connectivity index is 1.97. The second kappa shape index (κ2) is 6.75. The maximum atomic E-state index is 14.6. The van der Waals surface area contributed by atoms with E-state index in [2.05, 4.69) is 10.2 Å². The van der Waals surface area contributed by atoms with Crippen LogP contribution < -0.4 is 10.1 Å². The van der Waals surface area contributed by atoms with Crippen molar-refractivity contribution in [3.8, 4) is 5.75 Å². The third-order valence-electron chi connectivity index (χ3n) is 4.92. The molecule has 4 heteroatoms. The fourth-order valence-corrected chi connectivity index (χ4v) is 3.93. The van der Waals surface area contributed by atoms with Crippen LogP contribution in [0.5, 0.6) is 5.75 Å². The van der Waals surface area contributed by atoms with Crippen LogP contribution in [0.3, 0.4) is 0 Å². The molecule has 3 nitrogen and oxygen atoms in total. The molecule has 1 aliphatic heterocycles. The Labute approximate surface area is 126 Å². The zero-order valence-corrected chi connectivity index (χ0v) is 12.8. The summed E-state index contributed by atoms with van der Waals surface area (Å²) in [7, 11) is 1.64. The number of hydrogen-bond acceptors (Lipinski definition) is 3. The Bertz CT molecular complexity index is 468. The Morgan fingerprint density at radius 2 is 1.95 bits per heavy atom. The van der Waals surface area contributed by atoms with Crippen molar-refractivity contribution >= 4 is 0 Å². The van der Waals surface area contributed by atoms with Gasteiger partial charge in [0.25, 0.3) is 0 Å². The predicted molar refractivity (Wildman–Crippen MR) is 82.1 cm³/mol. The van der Waals surface area contributed by atoms with Crippen molar-refractivity contribution in [2.24, 2.45) is 5.92 Å². The summed E-state index contributed by atoms with van der Waals surface area (Å²) in [5.41, 5.74) is 0.772. The highest BCUT2D eigenvalue weighted by Crippen LogP contribution is 2.43. The van der Waals surface area contributed by atoms with Gasteiger partial charge in [-0.2, -0.15) is 0 Å². The molecule has 116 valence electrons. The second-order valence-corrected chi connectivity index (χ2v) is 6.13. The van der Waals surface area contributed by atoms with E-state index in [1.165, 1.54) is 25.7 Å². The molecule has 0 bridgehead atoms. The molecule has 1 N–H and O–H groups in total. The largest absolute Gasteiger partial charge is 0.496 e. The van der Waals surface area contributed by atoms with Crippen LogP contribution in [-0.2, 0) is 0 Å². The number of hydrogen-bond donors (Lipinski definition) is 1. The van der Waals surface area contributed by atoms with Gasteiger partial charge in [-0.15, -0.1) is 0 Å². The molecule has 0 spiro atoms. The van der Waals surface area contributed by atoms with E-state index in [4.69, 9.17) is 4.74 Å². The highest BCUT2D eigenvalue weighted by atomic mass is 19.1. The van der Waals surface area contributed by atoms with Gasteiger partial charge in [0.1, 0.15) is 11.6 Å². The molecule has 2 fully saturated rings. The van der Waals surface area contributed by atoms with Crippen LogP contribution in [0.2, 0.25) is 0 Å². The van der Waals surface area contributed by atoms with E-state index in [1.54, 1.807) is 19.2 Å². The topological polar surface area (TPSA) is 24.5 Å². The molecule has 0 unspecified atom stereocenters. The van der Waals surface area contributed by atoms with Crippen LogP contribution in [0, 0.1) is 11.7 Å². The lowest BCUT2D eigenvalue weighted by Crippen LogP contribution is -2.47. The van der Waals surface area contributed by atoms with Crippen molar-refractivity contribution in [2.45, 2.75) is 31.7 Å².